The second-order valence-electron chi connectivity index (χ2n) is 4.53. The normalized spacial score (nSPS) is 10.8. The van der Waals surface area contributed by atoms with E-state index < -0.39 is 0 Å². The lowest BCUT2D eigenvalue weighted by Crippen LogP contribution is -2.26. The molecule has 2 heterocycles. The van der Waals surface area contributed by atoms with Crippen LogP contribution in [0, 0.1) is 6.92 Å². The van der Waals surface area contributed by atoms with E-state index in [1.165, 1.54) is 11.3 Å². The van der Waals surface area contributed by atoms with E-state index in [4.69, 9.17) is 0 Å². The number of nitrogens with zero attached hydrogens (tertiary/aromatic N) is 2. The van der Waals surface area contributed by atoms with E-state index in [0.717, 1.165) is 28.3 Å². The summed E-state index contributed by atoms with van der Waals surface area (Å²) >= 11 is 1.45. The number of hydrogen-bond acceptors (Lipinski definition) is 3. The minimum Gasteiger partial charge on any atom is -0.350 e. The fourth-order valence-electron chi connectivity index (χ4n) is 2.25. The highest BCUT2D eigenvalue weighted by molar-refractivity contribution is 7.12. The molecule has 1 aromatic carbocycles. The first-order valence-corrected chi connectivity index (χ1v) is 7.37. The number of nitrogens with one attached hydrogen (secondary N) is 1. The van der Waals surface area contributed by atoms with Gasteiger partial charge in [-0.2, -0.15) is 0 Å². The van der Waals surface area contributed by atoms with Gasteiger partial charge in [0.1, 0.15) is 5.82 Å². The van der Waals surface area contributed by atoms with Gasteiger partial charge >= 0.3 is 0 Å². The maximum Gasteiger partial charge on any atom is 0.261 e. The van der Waals surface area contributed by atoms with Gasteiger partial charge in [0.25, 0.3) is 5.91 Å². The summed E-state index contributed by atoms with van der Waals surface area (Å²) in [5.41, 5.74) is 2.10. The molecular formula is C15H15N3OS. The number of fused-ring (bicyclic) bond motifs is 1. The monoisotopic (exact) mass is 285 g/mol. The third-order valence-electron chi connectivity index (χ3n) is 3.21. The minimum atomic E-state index is -0.0120. The van der Waals surface area contributed by atoms with Crippen molar-refractivity contribution in [3.8, 4) is 0 Å². The van der Waals surface area contributed by atoms with Gasteiger partial charge in [0, 0.05) is 13.1 Å². The third kappa shape index (κ3) is 2.44. The summed E-state index contributed by atoms with van der Waals surface area (Å²) in [6, 6.07) is 11.8. The maximum atomic E-state index is 11.9. The van der Waals surface area contributed by atoms with Crippen molar-refractivity contribution in [3.63, 3.8) is 0 Å². The molecule has 0 unspecified atom stereocenters. The second-order valence-corrected chi connectivity index (χ2v) is 5.48. The number of thiophene rings is 1. The van der Waals surface area contributed by atoms with Crippen LogP contribution in [0.2, 0.25) is 0 Å². The molecule has 0 aliphatic carbocycles. The molecule has 0 fully saturated rings. The Hall–Kier alpha value is -2.14. The lowest BCUT2D eigenvalue weighted by Gasteiger charge is -2.07. The molecular weight excluding hydrogens is 270 g/mol. The third-order valence-corrected chi connectivity index (χ3v) is 4.08. The number of carbonyl (C=O) groups excluding carboxylic acids is 1. The van der Waals surface area contributed by atoms with Gasteiger partial charge < -0.3 is 9.88 Å². The Balaban J connectivity index is 1.68. The molecule has 102 valence electrons. The first-order chi connectivity index (χ1) is 9.75. The van der Waals surface area contributed by atoms with Gasteiger partial charge in [0.15, 0.2) is 0 Å². The predicted molar refractivity (Wildman–Crippen MR) is 81.1 cm³/mol. The van der Waals surface area contributed by atoms with Crippen molar-refractivity contribution in [2.45, 2.75) is 13.5 Å². The minimum absolute atomic E-state index is 0.0120. The molecule has 0 saturated carbocycles. The van der Waals surface area contributed by atoms with E-state index in [1.54, 1.807) is 0 Å². The Morgan fingerprint density at radius 2 is 2.15 bits per heavy atom. The molecule has 0 aliphatic rings. The Labute approximate surface area is 121 Å². The van der Waals surface area contributed by atoms with Crippen molar-refractivity contribution in [1.29, 1.82) is 0 Å². The van der Waals surface area contributed by atoms with Crippen LogP contribution in [0.15, 0.2) is 41.8 Å². The van der Waals surface area contributed by atoms with Crippen molar-refractivity contribution >= 4 is 28.3 Å². The van der Waals surface area contributed by atoms with E-state index in [-0.39, 0.29) is 5.91 Å². The zero-order valence-corrected chi connectivity index (χ0v) is 12.0. The molecule has 0 saturated heterocycles. The number of para-hydroxylation sites is 2. The first-order valence-electron chi connectivity index (χ1n) is 6.49. The summed E-state index contributed by atoms with van der Waals surface area (Å²) in [6.45, 7) is 3.31. The topological polar surface area (TPSA) is 46.9 Å². The number of aromatic nitrogens is 2. The van der Waals surface area contributed by atoms with E-state index in [0.29, 0.717) is 6.54 Å². The van der Waals surface area contributed by atoms with Crippen LogP contribution in [0.4, 0.5) is 0 Å². The average molecular weight is 285 g/mol. The van der Waals surface area contributed by atoms with Crippen molar-refractivity contribution in [1.82, 2.24) is 14.9 Å². The van der Waals surface area contributed by atoms with Crippen LogP contribution in [0.5, 0.6) is 0 Å². The van der Waals surface area contributed by atoms with Crippen LogP contribution < -0.4 is 5.32 Å². The number of benzene rings is 1. The summed E-state index contributed by atoms with van der Waals surface area (Å²) < 4.78 is 2.13. The number of aryl methyl sites for hydroxylation is 1. The zero-order valence-electron chi connectivity index (χ0n) is 11.2. The summed E-state index contributed by atoms with van der Waals surface area (Å²) in [5.74, 6) is 0.957. The van der Waals surface area contributed by atoms with Crippen LogP contribution in [0.1, 0.15) is 15.5 Å². The fourth-order valence-corrected chi connectivity index (χ4v) is 2.89. The smallest absolute Gasteiger partial charge is 0.261 e. The van der Waals surface area contributed by atoms with Crippen molar-refractivity contribution in [3.05, 3.63) is 52.5 Å². The molecule has 1 N–H and O–H groups in total. The van der Waals surface area contributed by atoms with Crippen molar-refractivity contribution in [2.75, 3.05) is 6.54 Å². The van der Waals surface area contributed by atoms with Crippen molar-refractivity contribution < 1.29 is 4.79 Å². The molecule has 2 aromatic heterocycles. The molecule has 4 nitrogen and oxygen atoms in total. The quantitative estimate of drug-likeness (QED) is 0.801. The molecule has 20 heavy (non-hydrogen) atoms. The molecule has 0 radical (unpaired) electrons. The average Bonchev–Trinajstić information content (AvgIpc) is 3.07. The molecule has 0 aliphatic heterocycles. The highest BCUT2D eigenvalue weighted by Gasteiger charge is 2.08. The lowest BCUT2D eigenvalue weighted by atomic mass is 10.3. The molecule has 3 rings (SSSR count). The van der Waals surface area contributed by atoms with Gasteiger partial charge in [-0.1, -0.05) is 18.2 Å². The second kappa shape index (κ2) is 5.46. The zero-order chi connectivity index (χ0) is 13.9. The fraction of sp³-hybridized carbons (Fsp3) is 0.200. The summed E-state index contributed by atoms with van der Waals surface area (Å²) in [5, 5.41) is 4.84. The highest BCUT2D eigenvalue weighted by Crippen LogP contribution is 2.15. The van der Waals surface area contributed by atoms with Gasteiger partial charge in [0.05, 0.1) is 15.9 Å². The van der Waals surface area contributed by atoms with Gasteiger partial charge in [-0.3, -0.25) is 4.79 Å². The van der Waals surface area contributed by atoms with E-state index in [1.807, 2.05) is 42.6 Å². The summed E-state index contributed by atoms with van der Waals surface area (Å²) in [4.78, 5) is 17.1. The SMILES string of the molecule is Cc1nc2ccccc2n1CCNC(=O)c1cccs1. The molecule has 1 amide bonds. The summed E-state index contributed by atoms with van der Waals surface area (Å²) in [6.07, 6.45) is 0. The number of amides is 1. The van der Waals surface area contributed by atoms with Crippen LogP contribution in [0.3, 0.4) is 0 Å². The summed E-state index contributed by atoms with van der Waals surface area (Å²) in [7, 11) is 0. The van der Waals surface area contributed by atoms with Gasteiger partial charge in [0.2, 0.25) is 0 Å². The molecule has 0 spiro atoms. The highest BCUT2D eigenvalue weighted by atomic mass is 32.1. The van der Waals surface area contributed by atoms with Crippen molar-refractivity contribution in [2.24, 2.45) is 0 Å². The molecule has 3 aromatic rings. The molecule has 0 atom stereocenters. The van der Waals surface area contributed by atoms with Gasteiger partial charge in [-0.05, 0) is 30.5 Å². The predicted octanol–water partition coefficient (Wildman–Crippen LogP) is 2.84. The van der Waals surface area contributed by atoms with Gasteiger partial charge in [-0.15, -0.1) is 11.3 Å². The van der Waals surface area contributed by atoms with Crippen LogP contribution in [0.25, 0.3) is 11.0 Å². The first kappa shape index (κ1) is 12.9. The Morgan fingerprint density at radius 3 is 2.95 bits per heavy atom. The molecule has 5 heteroatoms. The van der Waals surface area contributed by atoms with Crippen LogP contribution >= 0.6 is 11.3 Å². The Bertz CT molecular complexity index is 731. The maximum absolute atomic E-state index is 11.9. The Kier molecular flexibility index (Phi) is 3.52. The largest absolute Gasteiger partial charge is 0.350 e. The number of hydrogen-bond donors (Lipinski definition) is 1. The standard InChI is InChI=1S/C15H15N3OS/c1-11-17-12-5-2-3-6-13(12)18(11)9-8-16-15(19)14-7-4-10-20-14/h2-7,10H,8-9H2,1H3,(H,16,19). The lowest BCUT2D eigenvalue weighted by molar-refractivity contribution is 0.0956. The molecule has 0 bridgehead atoms. The Morgan fingerprint density at radius 1 is 1.30 bits per heavy atom. The number of carbonyl (C=O) groups is 1. The van der Waals surface area contributed by atoms with Crippen LogP contribution in [-0.4, -0.2) is 22.0 Å². The van der Waals surface area contributed by atoms with Gasteiger partial charge in [-0.25, -0.2) is 4.98 Å². The van der Waals surface area contributed by atoms with Crippen LogP contribution in [-0.2, 0) is 6.54 Å². The number of rotatable bonds is 4. The van der Waals surface area contributed by atoms with E-state index in [9.17, 15) is 4.79 Å². The van der Waals surface area contributed by atoms with E-state index in [2.05, 4.69) is 20.9 Å². The number of imidazole rings is 1. The van der Waals surface area contributed by atoms with E-state index >= 15 is 0 Å².